The van der Waals surface area contributed by atoms with E-state index in [1.807, 2.05) is 0 Å². The molecule has 0 spiro atoms. The average molecular weight is 318 g/mol. The Balaban J connectivity index is 1.99. The fourth-order valence-corrected chi connectivity index (χ4v) is 3.48. The van der Waals surface area contributed by atoms with Gasteiger partial charge in [-0.05, 0) is 25.3 Å². The standard InChI is InChI=1S/C19H30N2O2/c1-16-7-6-8-17(15-16)19(9-4-3-5-10-19)18(22)21-12-11-20-13-14-23-2/h6-8,15,20H,3-5,9-14H2,1-2H3,(H,21,22). The lowest BCUT2D eigenvalue weighted by atomic mass is 9.68. The molecule has 1 fully saturated rings. The van der Waals surface area contributed by atoms with E-state index in [1.165, 1.54) is 17.5 Å². The minimum Gasteiger partial charge on any atom is -0.383 e. The molecule has 1 aromatic carbocycles. The summed E-state index contributed by atoms with van der Waals surface area (Å²) in [7, 11) is 1.69. The molecule has 128 valence electrons. The lowest BCUT2D eigenvalue weighted by Crippen LogP contribution is -2.47. The van der Waals surface area contributed by atoms with Crippen molar-refractivity contribution in [1.29, 1.82) is 0 Å². The highest BCUT2D eigenvalue weighted by molar-refractivity contribution is 5.88. The zero-order valence-corrected chi connectivity index (χ0v) is 14.5. The predicted molar refractivity (Wildman–Crippen MR) is 93.7 cm³/mol. The van der Waals surface area contributed by atoms with E-state index in [0.717, 1.165) is 38.8 Å². The Bertz CT molecular complexity index is 496. The summed E-state index contributed by atoms with van der Waals surface area (Å²) >= 11 is 0. The van der Waals surface area contributed by atoms with Crippen LogP contribution in [0, 0.1) is 6.92 Å². The largest absolute Gasteiger partial charge is 0.383 e. The molecule has 2 rings (SSSR count). The molecular formula is C19H30N2O2. The summed E-state index contributed by atoms with van der Waals surface area (Å²) in [5, 5.41) is 6.41. The van der Waals surface area contributed by atoms with Crippen molar-refractivity contribution in [3.05, 3.63) is 35.4 Å². The fraction of sp³-hybridized carbons (Fsp3) is 0.632. The summed E-state index contributed by atoms with van der Waals surface area (Å²) in [4.78, 5) is 13.0. The van der Waals surface area contributed by atoms with E-state index in [1.54, 1.807) is 7.11 Å². The van der Waals surface area contributed by atoms with Gasteiger partial charge in [-0.15, -0.1) is 0 Å². The van der Waals surface area contributed by atoms with Crippen LogP contribution in [0.5, 0.6) is 0 Å². The molecule has 0 atom stereocenters. The molecule has 1 aromatic rings. The van der Waals surface area contributed by atoms with Crippen LogP contribution in [-0.4, -0.2) is 39.3 Å². The molecule has 4 nitrogen and oxygen atoms in total. The van der Waals surface area contributed by atoms with Crippen molar-refractivity contribution >= 4 is 5.91 Å². The van der Waals surface area contributed by atoms with Crippen LogP contribution in [0.2, 0.25) is 0 Å². The average Bonchev–Trinajstić information content (AvgIpc) is 2.58. The number of ether oxygens (including phenoxy) is 1. The minimum atomic E-state index is -0.337. The second kappa shape index (κ2) is 9.04. The second-order valence-electron chi connectivity index (χ2n) is 6.51. The van der Waals surface area contributed by atoms with Gasteiger partial charge in [0.15, 0.2) is 0 Å². The third-order valence-electron chi connectivity index (χ3n) is 4.78. The molecule has 0 unspecified atom stereocenters. The number of amides is 1. The molecule has 1 amide bonds. The molecular weight excluding hydrogens is 288 g/mol. The molecule has 1 aliphatic rings. The van der Waals surface area contributed by atoms with Crippen LogP contribution in [0.25, 0.3) is 0 Å². The first-order valence-corrected chi connectivity index (χ1v) is 8.74. The Morgan fingerprint density at radius 2 is 1.96 bits per heavy atom. The quantitative estimate of drug-likeness (QED) is 0.724. The topological polar surface area (TPSA) is 50.4 Å². The van der Waals surface area contributed by atoms with Gasteiger partial charge in [-0.25, -0.2) is 0 Å². The molecule has 0 aromatic heterocycles. The number of carbonyl (C=O) groups excluding carboxylic acids is 1. The molecule has 0 radical (unpaired) electrons. The first-order valence-electron chi connectivity index (χ1n) is 8.74. The number of nitrogens with one attached hydrogen (secondary N) is 2. The first kappa shape index (κ1) is 18.0. The number of methoxy groups -OCH3 is 1. The SMILES string of the molecule is COCCNCCNC(=O)C1(c2cccc(C)c2)CCCCC1. The number of aryl methyl sites for hydroxylation is 1. The van der Waals surface area contributed by atoms with Crippen LogP contribution in [-0.2, 0) is 14.9 Å². The maximum atomic E-state index is 13.0. The molecule has 1 saturated carbocycles. The van der Waals surface area contributed by atoms with Gasteiger partial charge in [0, 0.05) is 26.7 Å². The Kier molecular flexibility index (Phi) is 7.06. The summed E-state index contributed by atoms with van der Waals surface area (Å²) < 4.78 is 5.00. The number of benzene rings is 1. The van der Waals surface area contributed by atoms with Crippen molar-refractivity contribution in [3.63, 3.8) is 0 Å². The summed E-state index contributed by atoms with van der Waals surface area (Å²) in [6.45, 7) is 5.04. The van der Waals surface area contributed by atoms with Crippen molar-refractivity contribution in [3.8, 4) is 0 Å². The Morgan fingerprint density at radius 1 is 1.17 bits per heavy atom. The van der Waals surface area contributed by atoms with Gasteiger partial charge in [0.2, 0.25) is 5.91 Å². The van der Waals surface area contributed by atoms with E-state index in [2.05, 4.69) is 41.8 Å². The van der Waals surface area contributed by atoms with Crippen LogP contribution >= 0.6 is 0 Å². The lowest BCUT2D eigenvalue weighted by Gasteiger charge is -2.36. The fourth-order valence-electron chi connectivity index (χ4n) is 3.48. The van der Waals surface area contributed by atoms with Gasteiger partial charge in [-0.1, -0.05) is 49.1 Å². The highest BCUT2D eigenvalue weighted by Crippen LogP contribution is 2.40. The van der Waals surface area contributed by atoms with Crippen LogP contribution in [0.1, 0.15) is 43.2 Å². The van der Waals surface area contributed by atoms with Crippen LogP contribution in [0.3, 0.4) is 0 Å². The highest BCUT2D eigenvalue weighted by atomic mass is 16.5. The Morgan fingerprint density at radius 3 is 2.65 bits per heavy atom. The van der Waals surface area contributed by atoms with E-state index in [0.29, 0.717) is 13.2 Å². The number of hydrogen-bond donors (Lipinski definition) is 2. The first-order chi connectivity index (χ1) is 11.2. The van der Waals surface area contributed by atoms with Crippen LogP contribution in [0.15, 0.2) is 24.3 Å². The summed E-state index contributed by atoms with van der Waals surface area (Å²) in [5.74, 6) is 0.191. The molecule has 0 heterocycles. The summed E-state index contributed by atoms with van der Waals surface area (Å²) in [6.07, 6.45) is 5.42. The van der Waals surface area contributed by atoms with Gasteiger partial charge in [0.1, 0.15) is 0 Å². The summed E-state index contributed by atoms with van der Waals surface area (Å²) in [5.41, 5.74) is 2.07. The van der Waals surface area contributed by atoms with Gasteiger partial charge in [0.25, 0.3) is 0 Å². The van der Waals surface area contributed by atoms with Gasteiger partial charge in [-0.3, -0.25) is 4.79 Å². The molecule has 23 heavy (non-hydrogen) atoms. The Labute approximate surface area is 140 Å². The lowest BCUT2D eigenvalue weighted by molar-refractivity contribution is -0.128. The summed E-state index contributed by atoms with van der Waals surface area (Å²) in [6, 6.07) is 8.47. The van der Waals surface area contributed by atoms with Gasteiger partial charge >= 0.3 is 0 Å². The van der Waals surface area contributed by atoms with Gasteiger partial charge in [0.05, 0.1) is 12.0 Å². The predicted octanol–water partition coefficient (Wildman–Crippen LogP) is 2.55. The maximum absolute atomic E-state index is 13.0. The molecule has 0 aliphatic heterocycles. The van der Waals surface area contributed by atoms with Crippen molar-refractivity contribution in [1.82, 2.24) is 10.6 Å². The molecule has 0 bridgehead atoms. The van der Waals surface area contributed by atoms with Crippen molar-refractivity contribution in [2.24, 2.45) is 0 Å². The van der Waals surface area contributed by atoms with Crippen LogP contribution in [0.4, 0.5) is 0 Å². The second-order valence-corrected chi connectivity index (χ2v) is 6.51. The smallest absolute Gasteiger partial charge is 0.230 e. The molecule has 2 N–H and O–H groups in total. The molecule has 4 heteroatoms. The molecule has 0 saturated heterocycles. The van der Waals surface area contributed by atoms with Gasteiger partial charge in [-0.2, -0.15) is 0 Å². The van der Waals surface area contributed by atoms with Gasteiger partial charge < -0.3 is 15.4 Å². The minimum absolute atomic E-state index is 0.191. The Hall–Kier alpha value is -1.39. The van der Waals surface area contributed by atoms with E-state index in [4.69, 9.17) is 4.74 Å². The number of hydrogen-bond acceptors (Lipinski definition) is 3. The third-order valence-corrected chi connectivity index (χ3v) is 4.78. The number of carbonyl (C=O) groups is 1. The maximum Gasteiger partial charge on any atom is 0.230 e. The van der Waals surface area contributed by atoms with Crippen molar-refractivity contribution in [2.75, 3.05) is 33.4 Å². The third kappa shape index (κ3) is 4.79. The number of rotatable bonds is 8. The van der Waals surface area contributed by atoms with E-state index < -0.39 is 0 Å². The zero-order valence-electron chi connectivity index (χ0n) is 14.5. The van der Waals surface area contributed by atoms with Crippen molar-refractivity contribution in [2.45, 2.75) is 44.4 Å². The van der Waals surface area contributed by atoms with Crippen molar-refractivity contribution < 1.29 is 9.53 Å². The van der Waals surface area contributed by atoms with E-state index >= 15 is 0 Å². The van der Waals surface area contributed by atoms with E-state index in [-0.39, 0.29) is 11.3 Å². The van der Waals surface area contributed by atoms with E-state index in [9.17, 15) is 4.79 Å². The monoisotopic (exact) mass is 318 g/mol. The zero-order chi connectivity index (χ0) is 16.5. The highest BCUT2D eigenvalue weighted by Gasteiger charge is 2.40. The van der Waals surface area contributed by atoms with Crippen LogP contribution < -0.4 is 10.6 Å². The molecule has 1 aliphatic carbocycles. The normalized spacial score (nSPS) is 17.0.